The van der Waals surface area contributed by atoms with E-state index in [0.717, 1.165) is 17.9 Å². The topological polar surface area (TPSA) is 29.5 Å². The van der Waals surface area contributed by atoms with Gasteiger partial charge in [0.2, 0.25) is 5.91 Å². The number of carbonyl (C=O) groups is 1. The van der Waals surface area contributed by atoms with Crippen LogP contribution in [-0.4, -0.2) is 37.8 Å². The second-order valence-electron chi connectivity index (χ2n) is 3.92. The van der Waals surface area contributed by atoms with Crippen LogP contribution in [0.5, 0.6) is 5.75 Å². The maximum atomic E-state index is 11.4. The summed E-state index contributed by atoms with van der Waals surface area (Å²) in [5.41, 5.74) is 0. The largest absolute Gasteiger partial charge is 0.497 e. The van der Waals surface area contributed by atoms with Gasteiger partial charge in [-0.2, -0.15) is 0 Å². The highest BCUT2D eigenvalue weighted by atomic mass is 32.2. The van der Waals surface area contributed by atoms with Crippen LogP contribution >= 0.6 is 11.8 Å². The smallest absolute Gasteiger partial charge is 0.222 e. The summed E-state index contributed by atoms with van der Waals surface area (Å²) in [6.45, 7) is 0. The Balaban J connectivity index is 2.28. The van der Waals surface area contributed by atoms with Gasteiger partial charge in [0.15, 0.2) is 0 Å². The van der Waals surface area contributed by atoms with Gasteiger partial charge in [-0.15, -0.1) is 11.8 Å². The molecule has 0 N–H and O–H groups in total. The number of benzene rings is 1. The summed E-state index contributed by atoms with van der Waals surface area (Å²) in [5.74, 6) is 2.02. The molecule has 17 heavy (non-hydrogen) atoms. The van der Waals surface area contributed by atoms with Crippen molar-refractivity contribution >= 4 is 17.7 Å². The van der Waals surface area contributed by atoms with Gasteiger partial charge in [0, 0.05) is 25.4 Å². The minimum Gasteiger partial charge on any atom is -0.497 e. The van der Waals surface area contributed by atoms with Gasteiger partial charge in [-0.05, 0) is 30.4 Å². The standard InChI is InChI=1S/C13H19NO2S/c1-14(2)13(15)8-5-9-17-12-7-4-6-11(10-12)16-3/h4,6-7,10H,5,8-9H2,1-3H3. The van der Waals surface area contributed by atoms with Crippen molar-refractivity contribution in [2.24, 2.45) is 0 Å². The zero-order chi connectivity index (χ0) is 12.7. The van der Waals surface area contributed by atoms with Gasteiger partial charge in [0.1, 0.15) is 5.75 Å². The number of methoxy groups -OCH3 is 1. The number of thioether (sulfide) groups is 1. The van der Waals surface area contributed by atoms with Crippen LogP contribution in [0.2, 0.25) is 0 Å². The minimum absolute atomic E-state index is 0.191. The molecule has 0 bridgehead atoms. The number of hydrogen-bond acceptors (Lipinski definition) is 3. The Bertz CT molecular complexity index is 366. The van der Waals surface area contributed by atoms with Crippen molar-refractivity contribution in [1.82, 2.24) is 4.90 Å². The third-order valence-electron chi connectivity index (χ3n) is 2.34. The number of ether oxygens (including phenoxy) is 1. The predicted molar refractivity (Wildman–Crippen MR) is 71.6 cm³/mol. The van der Waals surface area contributed by atoms with E-state index in [1.54, 1.807) is 37.9 Å². The first-order valence-electron chi connectivity index (χ1n) is 5.60. The lowest BCUT2D eigenvalue weighted by Gasteiger charge is -2.09. The molecule has 0 fully saturated rings. The molecule has 0 atom stereocenters. The minimum atomic E-state index is 0.191. The Labute approximate surface area is 107 Å². The monoisotopic (exact) mass is 253 g/mol. The van der Waals surface area contributed by atoms with E-state index in [0.29, 0.717) is 6.42 Å². The summed E-state index contributed by atoms with van der Waals surface area (Å²) in [6, 6.07) is 7.98. The van der Waals surface area contributed by atoms with Crippen LogP contribution in [-0.2, 0) is 4.79 Å². The summed E-state index contributed by atoms with van der Waals surface area (Å²) in [7, 11) is 5.24. The average Bonchev–Trinajstić information content (AvgIpc) is 2.34. The molecule has 0 aliphatic rings. The summed E-state index contributed by atoms with van der Waals surface area (Å²) < 4.78 is 5.16. The van der Waals surface area contributed by atoms with E-state index in [1.165, 1.54) is 4.90 Å². The fraction of sp³-hybridized carbons (Fsp3) is 0.462. The van der Waals surface area contributed by atoms with Gasteiger partial charge in [-0.3, -0.25) is 4.79 Å². The highest BCUT2D eigenvalue weighted by molar-refractivity contribution is 7.99. The van der Waals surface area contributed by atoms with E-state index in [-0.39, 0.29) is 5.91 Å². The first-order valence-corrected chi connectivity index (χ1v) is 6.59. The van der Waals surface area contributed by atoms with Crippen LogP contribution < -0.4 is 4.74 Å². The number of rotatable bonds is 6. The number of nitrogens with zero attached hydrogens (tertiary/aromatic N) is 1. The van der Waals surface area contributed by atoms with Crippen molar-refractivity contribution in [3.05, 3.63) is 24.3 Å². The third-order valence-corrected chi connectivity index (χ3v) is 3.42. The van der Waals surface area contributed by atoms with E-state index in [2.05, 4.69) is 6.07 Å². The van der Waals surface area contributed by atoms with E-state index in [9.17, 15) is 4.79 Å². The predicted octanol–water partition coefficient (Wildman–Crippen LogP) is 2.66. The summed E-state index contributed by atoms with van der Waals surface area (Å²) in [6.07, 6.45) is 1.52. The lowest BCUT2D eigenvalue weighted by molar-refractivity contribution is -0.128. The highest BCUT2D eigenvalue weighted by Crippen LogP contribution is 2.23. The normalized spacial score (nSPS) is 10.1. The van der Waals surface area contributed by atoms with Crippen LogP contribution in [0.4, 0.5) is 0 Å². The Kier molecular flexibility index (Phi) is 5.91. The van der Waals surface area contributed by atoms with Crippen LogP contribution in [0.1, 0.15) is 12.8 Å². The molecule has 0 aliphatic heterocycles. The van der Waals surface area contributed by atoms with Gasteiger partial charge in [0.05, 0.1) is 7.11 Å². The highest BCUT2D eigenvalue weighted by Gasteiger charge is 2.03. The fourth-order valence-corrected chi connectivity index (χ4v) is 2.23. The first-order chi connectivity index (χ1) is 8.13. The lowest BCUT2D eigenvalue weighted by atomic mass is 10.3. The molecule has 0 saturated heterocycles. The quantitative estimate of drug-likeness (QED) is 0.576. The molecule has 0 aliphatic carbocycles. The fourth-order valence-electron chi connectivity index (χ4n) is 1.33. The molecule has 1 amide bonds. The van der Waals surface area contributed by atoms with Crippen LogP contribution in [0.25, 0.3) is 0 Å². The molecule has 1 aromatic carbocycles. The van der Waals surface area contributed by atoms with Crippen LogP contribution in [0.3, 0.4) is 0 Å². The van der Waals surface area contributed by atoms with E-state index in [4.69, 9.17) is 4.74 Å². The molecule has 4 heteroatoms. The van der Waals surface area contributed by atoms with Crippen LogP contribution in [0, 0.1) is 0 Å². The average molecular weight is 253 g/mol. The third kappa shape index (κ3) is 5.13. The molecule has 94 valence electrons. The Hall–Kier alpha value is -1.16. The van der Waals surface area contributed by atoms with E-state index < -0.39 is 0 Å². The second kappa shape index (κ2) is 7.22. The Morgan fingerprint density at radius 3 is 2.82 bits per heavy atom. The maximum absolute atomic E-state index is 11.4. The van der Waals surface area contributed by atoms with Gasteiger partial charge < -0.3 is 9.64 Å². The maximum Gasteiger partial charge on any atom is 0.222 e. The Morgan fingerprint density at radius 1 is 1.41 bits per heavy atom. The molecule has 0 radical (unpaired) electrons. The van der Waals surface area contributed by atoms with Crippen molar-refractivity contribution in [3.8, 4) is 5.75 Å². The molecule has 1 rings (SSSR count). The summed E-state index contributed by atoms with van der Waals surface area (Å²) in [5, 5.41) is 0. The summed E-state index contributed by atoms with van der Waals surface area (Å²) >= 11 is 1.75. The van der Waals surface area contributed by atoms with Crippen molar-refractivity contribution in [1.29, 1.82) is 0 Å². The zero-order valence-electron chi connectivity index (χ0n) is 10.6. The molecule has 0 spiro atoms. The summed E-state index contributed by atoms with van der Waals surface area (Å²) in [4.78, 5) is 14.2. The first kappa shape index (κ1) is 13.9. The van der Waals surface area contributed by atoms with Gasteiger partial charge in [-0.25, -0.2) is 0 Å². The van der Waals surface area contributed by atoms with Crippen LogP contribution in [0.15, 0.2) is 29.2 Å². The SMILES string of the molecule is COc1cccc(SCCCC(=O)N(C)C)c1. The van der Waals surface area contributed by atoms with Gasteiger partial charge >= 0.3 is 0 Å². The molecule has 3 nitrogen and oxygen atoms in total. The molecular weight excluding hydrogens is 234 g/mol. The molecular formula is C13H19NO2S. The van der Waals surface area contributed by atoms with Gasteiger partial charge in [-0.1, -0.05) is 6.07 Å². The molecule has 0 saturated carbocycles. The lowest BCUT2D eigenvalue weighted by Crippen LogP contribution is -2.21. The van der Waals surface area contributed by atoms with Crippen molar-refractivity contribution < 1.29 is 9.53 Å². The molecule has 0 heterocycles. The van der Waals surface area contributed by atoms with Crippen molar-refractivity contribution in [2.75, 3.05) is 27.0 Å². The van der Waals surface area contributed by atoms with E-state index >= 15 is 0 Å². The second-order valence-corrected chi connectivity index (χ2v) is 5.09. The van der Waals surface area contributed by atoms with Gasteiger partial charge in [0.25, 0.3) is 0 Å². The molecule has 0 unspecified atom stereocenters. The molecule has 1 aromatic rings. The van der Waals surface area contributed by atoms with Crippen molar-refractivity contribution in [3.63, 3.8) is 0 Å². The zero-order valence-corrected chi connectivity index (χ0v) is 11.4. The van der Waals surface area contributed by atoms with Crippen molar-refractivity contribution in [2.45, 2.75) is 17.7 Å². The number of amides is 1. The number of carbonyl (C=O) groups excluding carboxylic acids is 1. The Morgan fingerprint density at radius 2 is 2.18 bits per heavy atom. The van der Waals surface area contributed by atoms with E-state index in [1.807, 2.05) is 18.2 Å². The molecule has 0 aromatic heterocycles. The number of hydrogen-bond donors (Lipinski definition) is 0.